The molecular weight excluding hydrogens is 238 g/mol. The molecule has 0 radical (unpaired) electrons. The third-order valence-electron chi connectivity index (χ3n) is 3.65. The lowest BCUT2D eigenvalue weighted by Crippen LogP contribution is -2.35. The highest BCUT2D eigenvalue weighted by molar-refractivity contribution is 5.83. The van der Waals surface area contributed by atoms with E-state index in [0.29, 0.717) is 6.04 Å². The molecule has 1 unspecified atom stereocenters. The molecule has 2 heterocycles. The van der Waals surface area contributed by atoms with Gasteiger partial charge in [-0.15, -0.1) is 0 Å². The van der Waals surface area contributed by atoms with Gasteiger partial charge >= 0.3 is 0 Å². The summed E-state index contributed by atoms with van der Waals surface area (Å²) in [6.45, 7) is 1.87. The van der Waals surface area contributed by atoms with Gasteiger partial charge in [0.25, 0.3) is 0 Å². The van der Waals surface area contributed by atoms with Gasteiger partial charge < -0.3 is 10.1 Å². The lowest BCUT2D eigenvalue weighted by atomic mass is 10.0. The van der Waals surface area contributed by atoms with Crippen molar-refractivity contribution in [2.45, 2.75) is 31.7 Å². The third kappa shape index (κ3) is 3.01. The quantitative estimate of drug-likeness (QED) is 0.914. The summed E-state index contributed by atoms with van der Waals surface area (Å²) < 4.78 is 5.88. The van der Waals surface area contributed by atoms with Crippen LogP contribution in [0.15, 0.2) is 30.5 Å². The first kappa shape index (κ1) is 12.4. The van der Waals surface area contributed by atoms with Gasteiger partial charge in [-0.05, 0) is 37.9 Å². The number of rotatable bonds is 4. The van der Waals surface area contributed by atoms with E-state index in [1.807, 2.05) is 24.3 Å². The van der Waals surface area contributed by atoms with Gasteiger partial charge in [-0.1, -0.05) is 18.6 Å². The van der Waals surface area contributed by atoms with Crippen LogP contribution in [0.2, 0.25) is 0 Å². The minimum Gasteiger partial charge on any atom is -0.491 e. The van der Waals surface area contributed by atoms with E-state index in [4.69, 9.17) is 4.74 Å². The second kappa shape index (κ2) is 5.97. The van der Waals surface area contributed by atoms with E-state index >= 15 is 0 Å². The number of ether oxygens (including phenoxy) is 1. The maximum absolute atomic E-state index is 5.88. The lowest BCUT2D eigenvalue weighted by Gasteiger charge is -2.23. The van der Waals surface area contributed by atoms with Gasteiger partial charge in [0, 0.05) is 11.4 Å². The van der Waals surface area contributed by atoms with E-state index in [1.165, 1.54) is 19.3 Å². The first-order valence-corrected chi connectivity index (χ1v) is 7.00. The van der Waals surface area contributed by atoms with Gasteiger partial charge in [-0.2, -0.15) is 10.2 Å². The van der Waals surface area contributed by atoms with E-state index in [1.54, 1.807) is 6.20 Å². The molecule has 100 valence electrons. The summed E-state index contributed by atoms with van der Waals surface area (Å²) in [6.07, 6.45) is 6.65. The predicted molar refractivity (Wildman–Crippen MR) is 75.3 cm³/mol. The number of benzene rings is 1. The number of nitrogens with zero attached hydrogens (tertiary/aromatic N) is 2. The van der Waals surface area contributed by atoms with Crippen molar-refractivity contribution in [3.8, 4) is 5.75 Å². The molecule has 1 aromatic heterocycles. The van der Waals surface area contributed by atoms with Crippen LogP contribution in [-0.2, 0) is 0 Å². The zero-order valence-electron chi connectivity index (χ0n) is 11.0. The summed E-state index contributed by atoms with van der Waals surface area (Å²) in [5.41, 5.74) is 0.885. The molecule has 0 bridgehead atoms. The number of nitrogens with one attached hydrogen (secondary N) is 1. The number of hydrogen-bond donors (Lipinski definition) is 1. The summed E-state index contributed by atoms with van der Waals surface area (Å²) in [5.74, 6) is 0.835. The molecule has 2 aromatic rings. The number of piperidine rings is 1. The van der Waals surface area contributed by atoms with E-state index in [0.717, 1.165) is 36.2 Å². The van der Waals surface area contributed by atoms with Gasteiger partial charge in [0.1, 0.15) is 5.75 Å². The van der Waals surface area contributed by atoms with Crippen molar-refractivity contribution in [1.29, 1.82) is 0 Å². The summed E-state index contributed by atoms with van der Waals surface area (Å²) in [5, 5.41) is 12.7. The van der Waals surface area contributed by atoms with E-state index < -0.39 is 0 Å². The SMILES string of the molecule is c1ccc2c(OCCC3CCCCN3)cnnc2c1. The Kier molecular flexibility index (Phi) is 3.89. The van der Waals surface area contributed by atoms with E-state index in [9.17, 15) is 0 Å². The summed E-state index contributed by atoms with van der Waals surface area (Å²) >= 11 is 0. The van der Waals surface area contributed by atoms with E-state index in [2.05, 4.69) is 15.5 Å². The summed E-state index contributed by atoms with van der Waals surface area (Å²) in [7, 11) is 0. The molecule has 4 heteroatoms. The standard InChI is InChI=1S/C15H19N3O/c1-2-7-14-13(6-1)15(11-17-18-14)19-10-8-12-5-3-4-9-16-12/h1-2,6-7,11-12,16H,3-5,8-10H2. The summed E-state index contributed by atoms with van der Waals surface area (Å²) in [4.78, 5) is 0. The van der Waals surface area contributed by atoms with Gasteiger partial charge in [0.15, 0.2) is 0 Å². The number of fused-ring (bicyclic) bond motifs is 1. The van der Waals surface area contributed by atoms with Gasteiger partial charge in [-0.25, -0.2) is 0 Å². The fraction of sp³-hybridized carbons (Fsp3) is 0.467. The van der Waals surface area contributed by atoms with Crippen molar-refractivity contribution >= 4 is 10.9 Å². The van der Waals surface area contributed by atoms with Crippen LogP contribution in [0.1, 0.15) is 25.7 Å². The van der Waals surface area contributed by atoms with Crippen LogP contribution in [0.25, 0.3) is 10.9 Å². The molecule has 1 atom stereocenters. The molecule has 19 heavy (non-hydrogen) atoms. The molecule has 1 aliphatic heterocycles. The second-order valence-electron chi connectivity index (χ2n) is 5.01. The van der Waals surface area contributed by atoms with Crippen molar-refractivity contribution in [3.63, 3.8) is 0 Å². The molecule has 1 aromatic carbocycles. The van der Waals surface area contributed by atoms with Crippen molar-refractivity contribution in [2.75, 3.05) is 13.2 Å². The van der Waals surface area contributed by atoms with Gasteiger partial charge in [0.05, 0.1) is 18.3 Å². The molecule has 1 aliphatic rings. The third-order valence-corrected chi connectivity index (χ3v) is 3.65. The summed E-state index contributed by atoms with van der Waals surface area (Å²) in [6, 6.07) is 8.55. The number of aromatic nitrogens is 2. The highest BCUT2D eigenvalue weighted by Crippen LogP contribution is 2.22. The molecule has 0 saturated carbocycles. The van der Waals surface area contributed by atoms with E-state index in [-0.39, 0.29) is 0 Å². The van der Waals surface area contributed by atoms with Crippen LogP contribution in [-0.4, -0.2) is 29.4 Å². The van der Waals surface area contributed by atoms with Crippen LogP contribution < -0.4 is 10.1 Å². The molecule has 3 rings (SSSR count). The Morgan fingerprint density at radius 2 is 2.21 bits per heavy atom. The lowest BCUT2D eigenvalue weighted by molar-refractivity contribution is 0.269. The Balaban J connectivity index is 1.62. The highest BCUT2D eigenvalue weighted by Gasteiger charge is 2.12. The Morgan fingerprint density at radius 1 is 1.26 bits per heavy atom. The smallest absolute Gasteiger partial charge is 0.148 e. The highest BCUT2D eigenvalue weighted by atomic mass is 16.5. The molecular formula is C15H19N3O. The maximum atomic E-state index is 5.88. The molecule has 0 aliphatic carbocycles. The Labute approximate surface area is 113 Å². The monoisotopic (exact) mass is 257 g/mol. The normalized spacial score (nSPS) is 19.5. The van der Waals surface area contributed by atoms with Crippen LogP contribution in [0.3, 0.4) is 0 Å². The van der Waals surface area contributed by atoms with Gasteiger partial charge in [-0.3, -0.25) is 0 Å². The van der Waals surface area contributed by atoms with Crippen LogP contribution in [0.5, 0.6) is 5.75 Å². The minimum absolute atomic E-state index is 0.606. The molecule has 1 saturated heterocycles. The van der Waals surface area contributed by atoms with Crippen LogP contribution in [0.4, 0.5) is 0 Å². The minimum atomic E-state index is 0.606. The maximum Gasteiger partial charge on any atom is 0.148 e. The Hall–Kier alpha value is -1.68. The van der Waals surface area contributed by atoms with Crippen molar-refractivity contribution in [3.05, 3.63) is 30.5 Å². The molecule has 1 N–H and O–H groups in total. The predicted octanol–water partition coefficient (Wildman–Crippen LogP) is 2.54. The first-order chi connectivity index (χ1) is 9.43. The molecule has 0 spiro atoms. The van der Waals surface area contributed by atoms with Crippen molar-refractivity contribution < 1.29 is 4.74 Å². The van der Waals surface area contributed by atoms with Crippen LogP contribution in [0, 0.1) is 0 Å². The fourth-order valence-corrected chi connectivity index (χ4v) is 2.58. The van der Waals surface area contributed by atoms with Gasteiger partial charge in [0.2, 0.25) is 0 Å². The zero-order valence-corrected chi connectivity index (χ0v) is 11.0. The van der Waals surface area contributed by atoms with Crippen molar-refractivity contribution in [2.24, 2.45) is 0 Å². The molecule has 4 nitrogen and oxygen atoms in total. The molecule has 0 amide bonds. The fourth-order valence-electron chi connectivity index (χ4n) is 2.58. The Morgan fingerprint density at radius 3 is 3.11 bits per heavy atom. The Bertz CT molecular complexity index is 532. The first-order valence-electron chi connectivity index (χ1n) is 7.00. The number of hydrogen-bond acceptors (Lipinski definition) is 4. The van der Waals surface area contributed by atoms with Crippen LogP contribution >= 0.6 is 0 Å². The van der Waals surface area contributed by atoms with Crippen molar-refractivity contribution in [1.82, 2.24) is 15.5 Å². The zero-order chi connectivity index (χ0) is 12.9. The average molecular weight is 257 g/mol. The second-order valence-corrected chi connectivity index (χ2v) is 5.01. The topological polar surface area (TPSA) is 47.0 Å². The average Bonchev–Trinajstić information content (AvgIpc) is 2.49. The largest absolute Gasteiger partial charge is 0.491 e. The molecule has 1 fully saturated rings.